The SMILES string of the molecule is COc1ccc(/C=C2/N=C(c3ccc(F)cc3)N(c3ccccc3)C2=O)c(OC)c1. The summed E-state index contributed by atoms with van der Waals surface area (Å²) < 4.78 is 24.1. The highest BCUT2D eigenvalue weighted by Gasteiger charge is 2.32. The number of amides is 1. The van der Waals surface area contributed by atoms with Crippen LogP contribution in [-0.4, -0.2) is 26.0 Å². The number of nitrogens with zero attached hydrogens (tertiary/aromatic N) is 2. The fraction of sp³-hybridized carbons (Fsp3) is 0.0833. The Kier molecular flexibility index (Phi) is 5.30. The van der Waals surface area contributed by atoms with Crippen LogP contribution < -0.4 is 14.4 Å². The van der Waals surface area contributed by atoms with E-state index in [1.165, 1.54) is 17.0 Å². The van der Waals surface area contributed by atoms with E-state index in [4.69, 9.17) is 9.47 Å². The first-order chi connectivity index (χ1) is 14.6. The molecule has 30 heavy (non-hydrogen) atoms. The van der Waals surface area contributed by atoms with Crippen molar-refractivity contribution in [3.63, 3.8) is 0 Å². The molecular formula is C24H19FN2O3. The van der Waals surface area contributed by atoms with Gasteiger partial charge in [0.15, 0.2) is 0 Å². The molecule has 5 nitrogen and oxygen atoms in total. The largest absolute Gasteiger partial charge is 0.497 e. The average Bonchev–Trinajstić information content (AvgIpc) is 3.11. The number of carbonyl (C=O) groups excluding carboxylic acids is 1. The van der Waals surface area contributed by atoms with Crippen LogP contribution in [0.1, 0.15) is 11.1 Å². The number of para-hydroxylation sites is 1. The zero-order valence-electron chi connectivity index (χ0n) is 16.5. The minimum absolute atomic E-state index is 0.252. The van der Waals surface area contributed by atoms with Gasteiger partial charge in [-0.3, -0.25) is 9.69 Å². The van der Waals surface area contributed by atoms with Gasteiger partial charge in [-0.25, -0.2) is 9.38 Å². The molecule has 0 N–H and O–H groups in total. The van der Waals surface area contributed by atoms with Crippen LogP contribution in [0.4, 0.5) is 10.1 Å². The van der Waals surface area contributed by atoms with E-state index in [0.717, 1.165) is 0 Å². The molecule has 0 spiro atoms. The van der Waals surface area contributed by atoms with Gasteiger partial charge >= 0.3 is 0 Å². The predicted molar refractivity (Wildman–Crippen MR) is 114 cm³/mol. The fourth-order valence-electron chi connectivity index (χ4n) is 3.21. The molecule has 0 aliphatic carbocycles. The Morgan fingerprint density at radius 1 is 0.933 bits per heavy atom. The van der Waals surface area contributed by atoms with Gasteiger partial charge in [-0.15, -0.1) is 0 Å². The van der Waals surface area contributed by atoms with Crippen LogP contribution in [0.3, 0.4) is 0 Å². The number of rotatable bonds is 5. The molecule has 0 fully saturated rings. The Labute approximate surface area is 173 Å². The highest BCUT2D eigenvalue weighted by molar-refractivity contribution is 6.33. The number of carbonyl (C=O) groups is 1. The first kappa shape index (κ1) is 19.4. The Hall–Kier alpha value is -3.93. The number of anilines is 1. The minimum atomic E-state index is -0.353. The molecule has 3 aromatic rings. The fourth-order valence-corrected chi connectivity index (χ4v) is 3.21. The molecule has 1 heterocycles. The molecule has 0 atom stereocenters. The third-order valence-electron chi connectivity index (χ3n) is 4.71. The lowest BCUT2D eigenvalue weighted by molar-refractivity contribution is -0.113. The van der Waals surface area contributed by atoms with Crippen LogP contribution in [0.2, 0.25) is 0 Å². The van der Waals surface area contributed by atoms with Crippen molar-refractivity contribution in [2.75, 3.05) is 19.1 Å². The monoisotopic (exact) mass is 402 g/mol. The Balaban J connectivity index is 1.82. The van der Waals surface area contributed by atoms with Crippen molar-refractivity contribution in [3.05, 3.63) is 95.4 Å². The zero-order chi connectivity index (χ0) is 21.1. The van der Waals surface area contributed by atoms with Crippen molar-refractivity contribution in [2.24, 2.45) is 4.99 Å². The highest BCUT2D eigenvalue weighted by atomic mass is 19.1. The molecule has 0 bridgehead atoms. The standard InChI is InChI=1S/C24H19FN2O3/c1-29-20-13-10-17(22(15-20)30-2)14-21-24(28)27(19-6-4-3-5-7-19)23(26-21)16-8-11-18(25)12-9-16/h3-15H,1-2H3/b21-14+. The Morgan fingerprint density at radius 2 is 1.67 bits per heavy atom. The van der Waals surface area contributed by atoms with E-state index < -0.39 is 0 Å². The van der Waals surface area contributed by atoms with E-state index in [-0.39, 0.29) is 17.4 Å². The maximum Gasteiger partial charge on any atom is 0.282 e. The van der Waals surface area contributed by atoms with Crippen LogP contribution in [0.5, 0.6) is 11.5 Å². The number of aliphatic imine (C=N–C) groups is 1. The molecule has 0 unspecified atom stereocenters. The number of hydrogen-bond acceptors (Lipinski definition) is 4. The molecule has 0 saturated heterocycles. The molecule has 1 amide bonds. The van der Waals surface area contributed by atoms with Crippen molar-refractivity contribution in [1.29, 1.82) is 0 Å². The third kappa shape index (κ3) is 3.67. The van der Waals surface area contributed by atoms with Crippen molar-refractivity contribution in [1.82, 2.24) is 0 Å². The van der Waals surface area contributed by atoms with Crippen molar-refractivity contribution < 1.29 is 18.7 Å². The van der Waals surface area contributed by atoms with E-state index in [2.05, 4.69) is 4.99 Å². The average molecular weight is 402 g/mol. The van der Waals surface area contributed by atoms with E-state index in [0.29, 0.717) is 34.1 Å². The lowest BCUT2D eigenvalue weighted by Gasteiger charge is -2.18. The smallest absolute Gasteiger partial charge is 0.282 e. The molecule has 150 valence electrons. The molecule has 1 aliphatic rings. The quantitative estimate of drug-likeness (QED) is 0.583. The number of benzene rings is 3. The molecule has 0 radical (unpaired) electrons. The number of hydrogen-bond donors (Lipinski definition) is 0. The molecular weight excluding hydrogens is 383 g/mol. The summed E-state index contributed by atoms with van der Waals surface area (Å²) in [6.45, 7) is 0. The molecule has 4 rings (SSSR count). The summed E-state index contributed by atoms with van der Waals surface area (Å²) in [5, 5.41) is 0. The number of methoxy groups -OCH3 is 2. The molecule has 0 aromatic heterocycles. The first-order valence-electron chi connectivity index (χ1n) is 9.28. The number of halogens is 1. The van der Waals surface area contributed by atoms with Crippen LogP contribution in [0.25, 0.3) is 6.08 Å². The van der Waals surface area contributed by atoms with Gasteiger partial charge in [0.2, 0.25) is 0 Å². The van der Waals surface area contributed by atoms with Gasteiger partial charge in [-0.2, -0.15) is 0 Å². The van der Waals surface area contributed by atoms with Crippen LogP contribution in [-0.2, 0) is 4.79 Å². The summed E-state index contributed by atoms with van der Waals surface area (Å²) in [7, 11) is 3.13. The van der Waals surface area contributed by atoms with E-state index in [1.54, 1.807) is 50.6 Å². The summed E-state index contributed by atoms with van der Waals surface area (Å²) in [5.41, 5.74) is 2.26. The lowest BCUT2D eigenvalue weighted by atomic mass is 10.1. The number of ether oxygens (including phenoxy) is 2. The lowest BCUT2D eigenvalue weighted by Crippen LogP contribution is -2.32. The van der Waals surface area contributed by atoms with Gasteiger partial charge in [0.05, 0.1) is 19.9 Å². The Morgan fingerprint density at radius 3 is 2.33 bits per heavy atom. The summed E-state index contributed by atoms with van der Waals surface area (Å²) in [6.07, 6.45) is 1.67. The second-order valence-corrected chi connectivity index (χ2v) is 6.56. The summed E-state index contributed by atoms with van der Waals surface area (Å²) in [4.78, 5) is 19.4. The van der Waals surface area contributed by atoms with E-state index in [9.17, 15) is 9.18 Å². The molecule has 3 aromatic carbocycles. The van der Waals surface area contributed by atoms with Gasteiger partial charge in [0.1, 0.15) is 28.8 Å². The van der Waals surface area contributed by atoms with Crippen LogP contribution in [0.15, 0.2) is 83.5 Å². The Bertz CT molecular complexity index is 1140. The normalized spacial score (nSPS) is 14.8. The molecule has 1 aliphatic heterocycles. The highest BCUT2D eigenvalue weighted by Crippen LogP contribution is 2.31. The van der Waals surface area contributed by atoms with Gasteiger partial charge in [0, 0.05) is 17.2 Å². The van der Waals surface area contributed by atoms with Gasteiger partial charge in [0.25, 0.3) is 5.91 Å². The maximum absolute atomic E-state index is 13.4. The van der Waals surface area contributed by atoms with Gasteiger partial charge in [-0.1, -0.05) is 18.2 Å². The van der Waals surface area contributed by atoms with Crippen molar-refractivity contribution in [3.8, 4) is 11.5 Å². The summed E-state index contributed by atoms with van der Waals surface area (Å²) in [6, 6.07) is 20.5. The number of amidine groups is 1. The van der Waals surface area contributed by atoms with Crippen molar-refractivity contribution in [2.45, 2.75) is 0 Å². The topological polar surface area (TPSA) is 51.1 Å². The van der Waals surface area contributed by atoms with Crippen molar-refractivity contribution >= 4 is 23.5 Å². The van der Waals surface area contributed by atoms with Crippen LogP contribution in [0, 0.1) is 5.82 Å². The third-order valence-corrected chi connectivity index (χ3v) is 4.71. The van der Waals surface area contributed by atoms with Gasteiger partial charge in [-0.05, 0) is 54.6 Å². The van der Waals surface area contributed by atoms with Gasteiger partial charge < -0.3 is 9.47 Å². The van der Waals surface area contributed by atoms with Crippen LogP contribution >= 0.6 is 0 Å². The first-order valence-corrected chi connectivity index (χ1v) is 9.28. The van der Waals surface area contributed by atoms with E-state index in [1.807, 2.05) is 30.3 Å². The maximum atomic E-state index is 13.4. The van der Waals surface area contributed by atoms with E-state index >= 15 is 0 Å². The predicted octanol–water partition coefficient (Wildman–Crippen LogP) is 4.68. The summed E-state index contributed by atoms with van der Waals surface area (Å²) >= 11 is 0. The minimum Gasteiger partial charge on any atom is -0.497 e. The molecule has 6 heteroatoms. The second kappa shape index (κ2) is 8.21. The summed E-state index contributed by atoms with van der Waals surface area (Å²) in [5.74, 6) is 1.01. The zero-order valence-corrected chi connectivity index (χ0v) is 16.5. The second-order valence-electron chi connectivity index (χ2n) is 6.56. The molecule has 0 saturated carbocycles.